The molecule has 3 heteroatoms. The molecule has 1 heterocycles. The molecule has 1 unspecified atom stereocenters. The Bertz CT molecular complexity index is 315. The Hall–Kier alpha value is -0.570. The second-order valence-electron chi connectivity index (χ2n) is 4.61. The molecule has 1 fully saturated rings. The summed E-state index contributed by atoms with van der Waals surface area (Å²) in [6.45, 7) is 4.55. The van der Waals surface area contributed by atoms with Gasteiger partial charge in [0.2, 0.25) is 0 Å². The second-order valence-corrected chi connectivity index (χ2v) is 5.53. The van der Waals surface area contributed by atoms with Gasteiger partial charge < -0.3 is 5.32 Å². The van der Waals surface area contributed by atoms with Crippen LogP contribution in [0.15, 0.2) is 22.8 Å². The van der Waals surface area contributed by atoms with Crippen LogP contribution in [0.4, 0.5) is 5.82 Å². The Morgan fingerprint density at radius 1 is 1.40 bits per heavy atom. The average molecular weight is 269 g/mol. The summed E-state index contributed by atoms with van der Waals surface area (Å²) in [5.41, 5.74) is 0. The Kier molecular flexibility index (Phi) is 3.29. The van der Waals surface area contributed by atoms with Crippen molar-refractivity contribution in [3.05, 3.63) is 22.8 Å². The third-order valence-electron chi connectivity index (χ3n) is 2.89. The highest BCUT2D eigenvalue weighted by Crippen LogP contribution is 2.37. The van der Waals surface area contributed by atoms with Gasteiger partial charge in [0.1, 0.15) is 5.82 Å². The Balaban J connectivity index is 2.02. The van der Waals surface area contributed by atoms with Gasteiger partial charge in [-0.1, -0.05) is 13.8 Å². The van der Waals surface area contributed by atoms with Gasteiger partial charge >= 0.3 is 0 Å². The van der Waals surface area contributed by atoms with E-state index in [0.717, 1.165) is 16.2 Å². The van der Waals surface area contributed by atoms with Crippen molar-refractivity contribution in [2.75, 3.05) is 5.32 Å². The summed E-state index contributed by atoms with van der Waals surface area (Å²) in [6.07, 6.45) is 4.57. The Labute approximate surface area is 99.6 Å². The predicted octanol–water partition coefficient (Wildman–Crippen LogP) is 3.69. The van der Waals surface area contributed by atoms with Gasteiger partial charge in [-0.15, -0.1) is 0 Å². The highest BCUT2D eigenvalue weighted by atomic mass is 79.9. The monoisotopic (exact) mass is 268 g/mol. The first-order chi connectivity index (χ1) is 7.16. The fourth-order valence-corrected chi connectivity index (χ4v) is 2.15. The van der Waals surface area contributed by atoms with Crippen LogP contribution in [0.3, 0.4) is 0 Å². The van der Waals surface area contributed by atoms with E-state index in [1.165, 1.54) is 12.8 Å². The molecule has 1 atom stereocenters. The van der Waals surface area contributed by atoms with Gasteiger partial charge in [-0.3, -0.25) is 0 Å². The number of nitrogens with one attached hydrogen (secondary N) is 1. The maximum absolute atomic E-state index is 4.35. The van der Waals surface area contributed by atoms with Crippen LogP contribution in [0.5, 0.6) is 0 Å². The zero-order chi connectivity index (χ0) is 10.8. The lowest BCUT2D eigenvalue weighted by Crippen LogP contribution is -2.28. The van der Waals surface area contributed by atoms with Crippen molar-refractivity contribution in [2.45, 2.75) is 32.7 Å². The minimum atomic E-state index is 0.582. The van der Waals surface area contributed by atoms with E-state index in [4.69, 9.17) is 0 Å². The van der Waals surface area contributed by atoms with Crippen LogP contribution in [-0.4, -0.2) is 11.0 Å². The number of nitrogens with zero attached hydrogens (tertiary/aromatic N) is 1. The normalized spacial score (nSPS) is 17.9. The van der Waals surface area contributed by atoms with Crippen LogP contribution >= 0.6 is 15.9 Å². The van der Waals surface area contributed by atoms with Gasteiger partial charge in [-0.05, 0) is 52.7 Å². The minimum absolute atomic E-state index is 0.582. The molecule has 1 N–H and O–H groups in total. The molecule has 2 nitrogen and oxygen atoms in total. The number of anilines is 1. The summed E-state index contributed by atoms with van der Waals surface area (Å²) in [7, 11) is 0. The minimum Gasteiger partial charge on any atom is -0.367 e. The fraction of sp³-hybridized carbons (Fsp3) is 0.583. The fourth-order valence-electron chi connectivity index (χ4n) is 1.92. The van der Waals surface area contributed by atoms with E-state index in [-0.39, 0.29) is 0 Å². The summed E-state index contributed by atoms with van der Waals surface area (Å²) in [6, 6.07) is 4.64. The molecule has 1 aromatic rings. The molecule has 1 saturated carbocycles. The Morgan fingerprint density at radius 3 is 2.60 bits per heavy atom. The Morgan fingerprint density at radius 2 is 2.13 bits per heavy atom. The summed E-state index contributed by atoms with van der Waals surface area (Å²) < 4.78 is 1.03. The zero-order valence-electron chi connectivity index (χ0n) is 9.20. The first-order valence-electron chi connectivity index (χ1n) is 5.55. The summed E-state index contributed by atoms with van der Waals surface area (Å²) in [5.74, 6) is 2.52. The molecular weight excluding hydrogens is 252 g/mol. The maximum atomic E-state index is 4.35. The molecular formula is C12H17BrN2. The molecule has 0 aromatic carbocycles. The highest BCUT2D eigenvalue weighted by molar-refractivity contribution is 9.10. The van der Waals surface area contributed by atoms with Gasteiger partial charge in [0, 0.05) is 16.7 Å². The SMILES string of the molecule is CC(C)C(Nc1ccc(Br)cn1)C1CC1. The molecule has 1 aliphatic carbocycles. The van der Waals surface area contributed by atoms with Crippen LogP contribution in [0, 0.1) is 11.8 Å². The molecule has 0 radical (unpaired) electrons. The number of aromatic nitrogens is 1. The quantitative estimate of drug-likeness (QED) is 0.901. The van der Waals surface area contributed by atoms with E-state index in [9.17, 15) is 0 Å². The lowest BCUT2D eigenvalue weighted by atomic mass is 10.00. The van der Waals surface area contributed by atoms with Gasteiger partial charge in [0.25, 0.3) is 0 Å². The van der Waals surface area contributed by atoms with Crippen molar-refractivity contribution in [3.8, 4) is 0 Å². The first-order valence-corrected chi connectivity index (χ1v) is 6.34. The van der Waals surface area contributed by atoms with Crippen molar-refractivity contribution in [1.29, 1.82) is 0 Å². The zero-order valence-corrected chi connectivity index (χ0v) is 10.8. The number of halogens is 1. The molecule has 1 aliphatic rings. The van der Waals surface area contributed by atoms with Gasteiger partial charge in [-0.25, -0.2) is 4.98 Å². The van der Waals surface area contributed by atoms with E-state index in [2.05, 4.69) is 40.1 Å². The smallest absolute Gasteiger partial charge is 0.126 e. The molecule has 0 aliphatic heterocycles. The number of hydrogen-bond donors (Lipinski definition) is 1. The van der Waals surface area contributed by atoms with Crippen LogP contribution < -0.4 is 5.32 Å². The lowest BCUT2D eigenvalue weighted by Gasteiger charge is -2.22. The molecule has 15 heavy (non-hydrogen) atoms. The van der Waals surface area contributed by atoms with E-state index in [0.29, 0.717) is 12.0 Å². The van der Waals surface area contributed by atoms with Crippen LogP contribution in [-0.2, 0) is 0 Å². The maximum Gasteiger partial charge on any atom is 0.126 e. The predicted molar refractivity (Wildman–Crippen MR) is 66.9 cm³/mol. The molecule has 0 bridgehead atoms. The number of hydrogen-bond acceptors (Lipinski definition) is 2. The third kappa shape index (κ3) is 2.94. The van der Waals surface area contributed by atoms with Gasteiger partial charge in [-0.2, -0.15) is 0 Å². The molecule has 82 valence electrons. The van der Waals surface area contributed by atoms with Crippen molar-refractivity contribution < 1.29 is 0 Å². The van der Waals surface area contributed by atoms with Crippen molar-refractivity contribution in [2.24, 2.45) is 11.8 Å². The van der Waals surface area contributed by atoms with Crippen molar-refractivity contribution in [1.82, 2.24) is 4.98 Å². The van der Waals surface area contributed by atoms with E-state index < -0.39 is 0 Å². The molecule has 2 rings (SSSR count). The van der Waals surface area contributed by atoms with Crippen LogP contribution in [0.2, 0.25) is 0 Å². The molecule has 0 amide bonds. The van der Waals surface area contributed by atoms with E-state index in [1.54, 1.807) is 0 Å². The highest BCUT2D eigenvalue weighted by Gasteiger charge is 2.33. The molecule has 0 spiro atoms. The van der Waals surface area contributed by atoms with Crippen LogP contribution in [0.25, 0.3) is 0 Å². The van der Waals surface area contributed by atoms with Crippen molar-refractivity contribution >= 4 is 21.7 Å². The summed E-state index contributed by atoms with van der Waals surface area (Å²) >= 11 is 3.39. The summed E-state index contributed by atoms with van der Waals surface area (Å²) in [5, 5.41) is 3.54. The standard InChI is InChI=1S/C12H17BrN2/c1-8(2)12(9-3-4-9)15-11-6-5-10(13)7-14-11/h5-9,12H,3-4H2,1-2H3,(H,14,15). The largest absolute Gasteiger partial charge is 0.367 e. The van der Waals surface area contributed by atoms with Gasteiger partial charge in [0.15, 0.2) is 0 Å². The topological polar surface area (TPSA) is 24.9 Å². The van der Waals surface area contributed by atoms with Crippen molar-refractivity contribution in [3.63, 3.8) is 0 Å². The second kappa shape index (κ2) is 4.52. The van der Waals surface area contributed by atoms with E-state index in [1.807, 2.05) is 18.3 Å². The molecule has 0 saturated heterocycles. The van der Waals surface area contributed by atoms with E-state index >= 15 is 0 Å². The first kappa shape index (κ1) is 10.9. The average Bonchev–Trinajstić information content (AvgIpc) is 3.00. The van der Waals surface area contributed by atoms with Gasteiger partial charge in [0.05, 0.1) is 0 Å². The number of rotatable bonds is 4. The van der Waals surface area contributed by atoms with Crippen LogP contribution in [0.1, 0.15) is 26.7 Å². The lowest BCUT2D eigenvalue weighted by molar-refractivity contribution is 0.475. The summed E-state index contributed by atoms with van der Waals surface area (Å²) in [4.78, 5) is 4.35. The number of pyridine rings is 1. The molecule has 1 aromatic heterocycles. The third-order valence-corrected chi connectivity index (χ3v) is 3.36.